The number of carbonyl (C=O) groups excluding carboxylic acids is 2. The summed E-state index contributed by atoms with van der Waals surface area (Å²) < 4.78 is 0. The van der Waals surface area contributed by atoms with Gasteiger partial charge in [0.1, 0.15) is 0 Å². The summed E-state index contributed by atoms with van der Waals surface area (Å²) in [5, 5.41) is 6.74. The summed E-state index contributed by atoms with van der Waals surface area (Å²) in [5.41, 5.74) is 3.27. The zero-order valence-corrected chi connectivity index (χ0v) is 11.2. The van der Waals surface area contributed by atoms with E-state index in [1.807, 2.05) is 24.6 Å². The number of fused-ring (bicyclic) bond motifs is 1. The van der Waals surface area contributed by atoms with E-state index in [9.17, 15) is 9.59 Å². The topological polar surface area (TPSA) is 49.4 Å². The minimum absolute atomic E-state index is 0.456. The molecule has 0 atom stereocenters. The molecule has 1 aromatic heterocycles. The van der Waals surface area contributed by atoms with Crippen LogP contribution in [0.2, 0.25) is 0 Å². The summed E-state index contributed by atoms with van der Waals surface area (Å²) in [7, 11) is 1.98. The number of carbonyl (C=O) groups is 2. The molecule has 0 saturated carbocycles. The maximum Gasteiger partial charge on any atom is 0.296 e. The van der Waals surface area contributed by atoms with E-state index in [1.165, 1.54) is 5.56 Å². The average Bonchev–Trinajstić information content (AvgIpc) is 2.99. The number of nitrogens with one attached hydrogen (secondary N) is 1. The van der Waals surface area contributed by atoms with E-state index in [1.54, 1.807) is 17.4 Å². The molecule has 0 bridgehead atoms. The van der Waals surface area contributed by atoms with Crippen LogP contribution >= 0.6 is 11.3 Å². The lowest BCUT2D eigenvalue weighted by Gasteiger charge is -2.19. The fraction of sp³-hybridized carbons (Fsp3) is 0.143. The molecule has 2 aromatic rings. The Bertz CT molecular complexity index is 649. The van der Waals surface area contributed by atoms with Crippen molar-refractivity contribution in [3.8, 4) is 0 Å². The summed E-state index contributed by atoms with van der Waals surface area (Å²) in [4.78, 5) is 24.9. The molecule has 0 radical (unpaired) electrons. The Morgan fingerprint density at radius 3 is 2.84 bits per heavy atom. The molecule has 4 nitrogen and oxygen atoms in total. The van der Waals surface area contributed by atoms with Crippen molar-refractivity contribution in [3.05, 3.63) is 46.2 Å². The van der Waals surface area contributed by atoms with E-state index in [0.29, 0.717) is 11.3 Å². The summed E-state index contributed by atoms with van der Waals surface area (Å²) in [5.74, 6) is -1.00. The molecule has 0 saturated heterocycles. The molecule has 5 heteroatoms. The van der Waals surface area contributed by atoms with Gasteiger partial charge in [0.2, 0.25) is 0 Å². The van der Waals surface area contributed by atoms with Crippen LogP contribution in [0, 0.1) is 0 Å². The number of thiophene rings is 1. The third-order valence-corrected chi connectivity index (χ3v) is 3.87. The summed E-state index contributed by atoms with van der Waals surface area (Å²) in [6.07, 6.45) is 0. The second-order valence-corrected chi connectivity index (χ2v) is 5.28. The van der Waals surface area contributed by atoms with Gasteiger partial charge in [0.15, 0.2) is 0 Å². The molecule has 0 unspecified atom stereocenters. The first kappa shape index (κ1) is 11.9. The number of anilines is 2. The van der Waals surface area contributed by atoms with Crippen LogP contribution in [0.3, 0.4) is 0 Å². The second-order valence-electron chi connectivity index (χ2n) is 4.50. The molecule has 1 aliphatic rings. The molecule has 2 heterocycles. The number of rotatable bonds is 3. The van der Waals surface area contributed by atoms with Crippen LogP contribution in [-0.4, -0.2) is 18.7 Å². The fourth-order valence-corrected chi connectivity index (χ4v) is 2.78. The molecule has 0 aliphatic carbocycles. The van der Waals surface area contributed by atoms with E-state index in [4.69, 9.17) is 0 Å². The minimum atomic E-state index is -0.548. The van der Waals surface area contributed by atoms with E-state index in [2.05, 4.69) is 21.7 Å². The van der Waals surface area contributed by atoms with Gasteiger partial charge in [0, 0.05) is 19.3 Å². The van der Waals surface area contributed by atoms with Crippen molar-refractivity contribution in [2.75, 3.05) is 17.3 Å². The zero-order chi connectivity index (χ0) is 13.4. The van der Waals surface area contributed by atoms with Gasteiger partial charge in [-0.3, -0.25) is 9.59 Å². The third-order valence-electron chi connectivity index (χ3n) is 3.14. The van der Waals surface area contributed by atoms with Gasteiger partial charge < -0.3 is 10.2 Å². The number of hydrogen-bond acceptors (Lipinski definition) is 4. The van der Waals surface area contributed by atoms with Crippen molar-refractivity contribution in [2.45, 2.75) is 6.54 Å². The van der Waals surface area contributed by atoms with E-state index >= 15 is 0 Å². The van der Waals surface area contributed by atoms with E-state index in [-0.39, 0.29) is 0 Å². The van der Waals surface area contributed by atoms with Crippen molar-refractivity contribution in [2.24, 2.45) is 0 Å². The summed E-state index contributed by atoms with van der Waals surface area (Å²) >= 11 is 1.67. The highest BCUT2D eigenvalue weighted by atomic mass is 32.1. The van der Waals surface area contributed by atoms with Crippen molar-refractivity contribution in [1.29, 1.82) is 0 Å². The highest BCUT2D eigenvalue weighted by Gasteiger charge is 2.28. The lowest BCUT2D eigenvalue weighted by atomic mass is 10.1. The summed E-state index contributed by atoms with van der Waals surface area (Å²) in [6.45, 7) is 0.796. The summed E-state index contributed by atoms with van der Waals surface area (Å²) in [6, 6.07) is 7.49. The molecule has 0 spiro atoms. The number of benzene rings is 1. The van der Waals surface area contributed by atoms with Gasteiger partial charge in [-0.2, -0.15) is 11.3 Å². The van der Waals surface area contributed by atoms with Gasteiger partial charge in [-0.15, -0.1) is 0 Å². The fourth-order valence-electron chi connectivity index (χ4n) is 2.12. The minimum Gasteiger partial charge on any atom is -0.370 e. The van der Waals surface area contributed by atoms with Crippen molar-refractivity contribution >= 4 is 34.4 Å². The molecule has 3 rings (SSSR count). The first-order valence-corrected chi connectivity index (χ1v) is 6.81. The molecule has 1 aliphatic heterocycles. The van der Waals surface area contributed by atoms with Crippen LogP contribution < -0.4 is 10.2 Å². The van der Waals surface area contributed by atoms with Crippen LogP contribution in [0.1, 0.15) is 15.9 Å². The highest BCUT2D eigenvalue weighted by molar-refractivity contribution is 7.07. The SMILES string of the molecule is CN(Cc1ccsc1)c1ccc2c(c1)NC(=O)C2=O. The van der Waals surface area contributed by atoms with Crippen molar-refractivity contribution in [3.63, 3.8) is 0 Å². The maximum absolute atomic E-state index is 11.5. The van der Waals surface area contributed by atoms with Crippen LogP contribution in [0.4, 0.5) is 11.4 Å². The Kier molecular flexibility index (Phi) is 2.83. The van der Waals surface area contributed by atoms with Gasteiger partial charge >= 0.3 is 0 Å². The molecule has 1 N–H and O–H groups in total. The third kappa shape index (κ3) is 2.13. The quantitative estimate of drug-likeness (QED) is 0.873. The average molecular weight is 272 g/mol. The Morgan fingerprint density at radius 2 is 2.11 bits per heavy atom. The van der Waals surface area contributed by atoms with E-state index in [0.717, 1.165) is 12.2 Å². The van der Waals surface area contributed by atoms with Crippen LogP contribution in [-0.2, 0) is 11.3 Å². The Balaban J connectivity index is 1.85. The molecule has 1 amide bonds. The Labute approximate surface area is 114 Å². The number of hydrogen-bond donors (Lipinski definition) is 1. The number of nitrogens with zero attached hydrogens (tertiary/aromatic N) is 1. The molecule has 0 fully saturated rings. The predicted octanol–water partition coefficient (Wildman–Crippen LogP) is 2.52. The van der Waals surface area contributed by atoms with Gasteiger partial charge in [-0.1, -0.05) is 0 Å². The highest BCUT2D eigenvalue weighted by Crippen LogP contribution is 2.28. The van der Waals surface area contributed by atoms with Gasteiger partial charge in [-0.25, -0.2) is 0 Å². The lowest BCUT2D eigenvalue weighted by Crippen LogP contribution is -2.15. The molecule has 96 valence electrons. The van der Waals surface area contributed by atoms with Gasteiger partial charge in [0.25, 0.3) is 11.7 Å². The first-order chi connectivity index (χ1) is 9.15. The maximum atomic E-state index is 11.5. The largest absolute Gasteiger partial charge is 0.370 e. The van der Waals surface area contributed by atoms with Crippen LogP contribution in [0.25, 0.3) is 0 Å². The standard InChI is InChI=1S/C14H12N2O2S/c1-16(7-9-4-5-19-8-9)10-2-3-11-12(6-10)15-14(18)13(11)17/h2-6,8H,7H2,1H3,(H,15,17,18). The number of amides is 1. The zero-order valence-electron chi connectivity index (χ0n) is 10.3. The monoisotopic (exact) mass is 272 g/mol. The number of ketones is 1. The van der Waals surface area contributed by atoms with Crippen molar-refractivity contribution in [1.82, 2.24) is 0 Å². The van der Waals surface area contributed by atoms with Crippen molar-refractivity contribution < 1.29 is 9.59 Å². The molecule has 1 aromatic carbocycles. The molecule has 19 heavy (non-hydrogen) atoms. The normalized spacial score (nSPS) is 13.3. The second kappa shape index (κ2) is 4.51. The number of Topliss-reactive ketones (excluding diaryl/α,β-unsaturated/α-hetero) is 1. The predicted molar refractivity (Wildman–Crippen MR) is 75.8 cm³/mol. The molecular weight excluding hydrogens is 260 g/mol. The van der Waals surface area contributed by atoms with Gasteiger partial charge in [-0.05, 0) is 40.6 Å². The molecular formula is C14H12N2O2S. The van der Waals surface area contributed by atoms with Gasteiger partial charge in [0.05, 0.1) is 11.3 Å². The Hall–Kier alpha value is -2.14. The van der Waals surface area contributed by atoms with Crippen LogP contribution in [0.15, 0.2) is 35.0 Å². The first-order valence-electron chi connectivity index (χ1n) is 5.87. The van der Waals surface area contributed by atoms with Crippen LogP contribution in [0.5, 0.6) is 0 Å². The Morgan fingerprint density at radius 1 is 1.26 bits per heavy atom. The van der Waals surface area contributed by atoms with E-state index < -0.39 is 11.7 Å². The smallest absolute Gasteiger partial charge is 0.296 e. The lowest BCUT2D eigenvalue weighted by molar-refractivity contribution is -0.112.